The molecular weight excluding hydrogens is 357 g/mol. The molecule has 2 aliphatic heterocycles. The van der Waals surface area contributed by atoms with Crippen molar-refractivity contribution in [2.24, 2.45) is 5.41 Å². The third kappa shape index (κ3) is 3.59. The molecule has 8 nitrogen and oxygen atoms in total. The summed E-state index contributed by atoms with van der Waals surface area (Å²) in [5.41, 5.74) is -0.954. The van der Waals surface area contributed by atoms with Crippen LogP contribution in [0.5, 0.6) is 0 Å². The Morgan fingerprint density at radius 2 is 2.15 bits per heavy atom. The number of hydrogen-bond donors (Lipinski definition) is 2. The number of amides is 3. The van der Waals surface area contributed by atoms with E-state index in [1.165, 1.54) is 29.0 Å². The maximum Gasteiger partial charge on any atom is 0.321 e. The number of aliphatic carboxylic acids is 1. The summed E-state index contributed by atoms with van der Waals surface area (Å²) >= 11 is 0. The number of carboxylic acids is 1. The van der Waals surface area contributed by atoms with Crippen LogP contribution in [0.2, 0.25) is 0 Å². The van der Waals surface area contributed by atoms with Gasteiger partial charge in [-0.05, 0) is 31.0 Å². The van der Waals surface area contributed by atoms with Gasteiger partial charge in [0.1, 0.15) is 11.2 Å². The molecule has 2 aliphatic rings. The van der Waals surface area contributed by atoms with Crippen LogP contribution in [-0.2, 0) is 9.53 Å². The highest BCUT2D eigenvalue weighted by molar-refractivity contribution is 5.99. The summed E-state index contributed by atoms with van der Waals surface area (Å²) in [4.78, 5) is 39.3. The number of hydrogen-bond acceptors (Lipinski definition) is 4. The lowest BCUT2D eigenvalue weighted by Crippen LogP contribution is -2.52. The van der Waals surface area contributed by atoms with Crippen LogP contribution in [0.3, 0.4) is 0 Å². The van der Waals surface area contributed by atoms with E-state index in [0.717, 1.165) is 6.07 Å². The normalized spacial score (nSPS) is 22.7. The number of carbonyl (C=O) groups is 3. The van der Waals surface area contributed by atoms with Crippen LogP contribution >= 0.6 is 0 Å². The van der Waals surface area contributed by atoms with E-state index in [-0.39, 0.29) is 24.7 Å². The van der Waals surface area contributed by atoms with Gasteiger partial charge in [-0.2, -0.15) is 0 Å². The van der Waals surface area contributed by atoms with Gasteiger partial charge in [0.15, 0.2) is 0 Å². The Morgan fingerprint density at radius 3 is 2.78 bits per heavy atom. The Balaban J connectivity index is 1.86. The van der Waals surface area contributed by atoms with Gasteiger partial charge >= 0.3 is 12.0 Å². The van der Waals surface area contributed by atoms with Crippen LogP contribution in [0.4, 0.5) is 14.9 Å². The molecule has 2 fully saturated rings. The van der Waals surface area contributed by atoms with Crippen molar-refractivity contribution in [3.63, 3.8) is 0 Å². The lowest BCUT2D eigenvalue weighted by atomic mass is 9.80. The van der Waals surface area contributed by atoms with Crippen molar-refractivity contribution >= 4 is 23.6 Å². The van der Waals surface area contributed by atoms with Gasteiger partial charge in [0, 0.05) is 39.0 Å². The molecule has 2 N–H and O–H groups in total. The number of nitrogens with zero attached hydrogens (tertiary/aromatic N) is 2. The molecule has 1 atom stereocenters. The minimum atomic E-state index is -1.20. The highest BCUT2D eigenvalue weighted by Gasteiger charge is 2.44. The first-order chi connectivity index (χ1) is 12.9. The quantitative estimate of drug-likeness (QED) is 0.804. The number of anilines is 1. The number of nitrogens with one attached hydrogen (secondary N) is 1. The van der Waals surface area contributed by atoms with Gasteiger partial charge < -0.3 is 20.1 Å². The molecule has 0 spiro atoms. The van der Waals surface area contributed by atoms with Crippen LogP contribution in [0, 0.1) is 11.2 Å². The number of rotatable bonds is 5. The van der Waals surface area contributed by atoms with Gasteiger partial charge in [0.25, 0.3) is 5.91 Å². The molecule has 0 radical (unpaired) electrons. The van der Waals surface area contributed by atoms with Crippen LogP contribution in [0.15, 0.2) is 18.2 Å². The lowest BCUT2D eigenvalue weighted by Gasteiger charge is -2.39. The zero-order valence-electron chi connectivity index (χ0n) is 15.0. The van der Waals surface area contributed by atoms with E-state index in [1.807, 2.05) is 0 Å². The maximum absolute atomic E-state index is 14.4. The van der Waals surface area contributed by atoms with E-state index in [1.54, 1.807) is 0 Å². The Bertz CT molecular complexity index is 767. The Morgan fingerprint density at radius 1 is 1.37 bits per heavy atom. The number of urea groups is 1. The summed E-state index contributed by atoms with van der Waals surface area (Å²) in [6.07, 6.45) is 0.869. The number of halogens is 1. The fourth-order valence-electron chi connectivity index (χ4n) is 3.67. The monoisotopic (exact) mass is 379 g/mol. The van der Waals surface area contributed by atoms with E-state index in [9.17, 15) is 23.9 Å². The first-order valence-corrected chi connectivity index (χ1v) is 8.74. The number of carboxylic acid groups (broad SMARTS) is 1. The minimum Gasteiger partial charge on any atom is -0.481 e. The second-order valence-electron chi connectivity index (χ2n) is 6.90. The largest absolute Gasteiger partial charge is 0.481 e. The fraction of sp³-hybridized carbons (Fsp3) is 0.500. The molecule has 2 saturated heterocycles. The second kappa shape index (κ2) is 7.51. The molecule has 27 heavy (non-hydrogen) atoms. The van der Waals surface area contributed by atoms with Crippen molar-refractivity contribution in [1.82, 2.24) is 10.2 Å². The molecular formula is C18H22FN3O5. The number of methoxy groups -OCH3 is 1. The maximum atomic E-state index is 14.4. The predicted molar refractivity (Wildman–Crippen MR) is 94.2 cm³/mol. The number of ether oxygens (including phenoxy) is 1. The zero-order chi connectivity index (χ0) is 19.6. The van der Waals surface area contributed by atoms with Gasteiger partial charge in [0.2, 0.25) is 0 Å². The first-order valence-electron chi connectivity index (χ1n) is 8.74. The molecule has 0 aromatic heterocycles. The highest BCUT2D eigenvalue weighted by Crippen LogP contribution is 2.32. The van der Waals surface area contributed by atoms with Crippen LogP contribution in [0.1, 0.15) is 23.2 Å². The molecule has 3 amide bonds. The molecule has 9 heteroatoms. The van der Waals surface area contributed by atoms with Crippen LogP contribution in [0.25, 0.3) is 0 Å². The molecule has 0 aliphatic carbocycles. The van der Waals surface area contributed by atoms with Crippen LogP contribution < -0.4 is 10.2 Å². The third-order valence-corrected chi connectivity index (χ3v) is 5.09. The van der Waals surface area contributed by atoms with Gasteiger partial charge in [-0.15, -0.1) is 0 Å². The van der Waals surface area contributed by atoms with Crippen molar-refractivity contribution in [2.45, 2.75) is 12.8 Å². The van der Waals surface area contributed by atoms with E-state index >= 15 is 0 Å². The topological polar surface area (TPSA) is 99.2 Å². The predicted octanol–water partition coefficient (Wildman–Crippen LogP) is 1.31. The average Bonchev–Trinajstić information content (AvgIpc) is 3.08. The van der Waals surface area contributed by atoms with Gasteiger partial charge in [-0.25, -0.2) is 9.18 Å². The molecule has 3 rings (SSSR count). The Labute approximate surface area is 155 Å². The molecule has 2 heterocycles. The number of carbonyl (C=O) groups excluding carboxylic acids is 2. The van der Waals surface area contributed by atoms with E-state index in [0.29, 0.717) is 38.2 Å². The number of piperidine rings is 1. The standard InChI is InChI=1S/C18H22FN3O5/c1-27-11-18(16(24)25)5-2-7-21(10-18)15(23)13-9-12(3-4-14(13)19)22-8-6-20-17(22)26/h3-4,9H,2,5-8,10-11H2,1H3,(H,20,26)(H,24,25). The minimum absolute atomic E-state index is 0.0252. The lowest BCUT2D eigenvalue weighted by molar-refractivity contribution is -0.155. The Hall–Kier alpha value is -2.68. The van der Waals surface area contributed by atoms with Crippen molar-refractivity contribution in [2.75, 3.05) is 44.8 Å². The summed E-state index contributed by atoms with van der Waals surface area (Å²) < 4.78 is 19.4. The van der Waals surface area contributed by atoms with Crippen molar-refractivity contribution in [3.8, 4) is 0 Å². The summed E-state index contributed by atoms with van der Waals surface area (Å²) in [6.45, 7) is 1.17. The summed E-state index contributed by atoms with van der Waals surface area (Å²) in [6, 6.07) is 3.64. The molecule has 1 unspecified atom stereocenters. The van der Waals surface area contributed by atoms with Crippen LogP contribution in [-0.4, -0.2) is 67.8 Å². The van der Waals surface area contributed by atoms with E-state index < -0.39 is 23.1 Å². The van der Waals surface area contributed by atoms with E-state index in [4.69, 9.17) is 4.74 Å². The summed E-state index contributed by atoms with van der Waals surface area (Å²) in [5, 5.41) is 12.3. The molecule has 146 valence electrons. The smallest absolute Gasteiger partial charge is 0.321 e. The van der Waals surface area contributed by atoms with Crippen molar-refractivity contribution < 1.29 is 28.6 Å². The number of likely N-dealkylation sites (tertiary alicyclic amines) is 1. The SMILES string of the molecule is COCC1(C(=O)O)CCCN(C(=O)c2cc(N3CCNC3=O)ccc2F)C1. The zero-order valence-corrected chi connectivity index (χ0v) is 15.0. The summed E-state index contributed by atoms with van der Waals surface area (Å²) in [5.74, 6) is -2.33. The Kier molecular flexibility index (Phi) is 5.31. The van der Waals surface area contributed by atoms with Gasteiger partial charge in [-0.3, -0.25) is 14.5 Å². The molecule has 0 bridgehead atoms. The second-order valence-corrected chi connectivity index (χ2v) is 6.90. The molecule has 1 aromatic carbocycles. The van der Waals surface area contributed by atoms with Crippen molar-refractivity contribution in [3.05, 3.63) is 29.6 Å². The average molecular weight is 379 g/mol. The summed E-state index contributed by atoms with van der Waals surface area (Å²) in [7, 11) is 1.41. The first kappa shape index (κ1) is 19.1. The van der Waals surface area contributed by atoms with Crippen molar-refractivity contribution in [1.29, 1.82) is 0 Å². The highest BCUT2D eigenvalue weighted by atomic mass is 19.1. The number of benzene rings is 1. The fourth-order valence-corrected chi connectivity index (χ4v) is 3.67. The van der Waals surface area contributed by atoms with Gasteiger partial charge in [-0.1, -0.05) is 0 Å². The molecule has 0 saturated carbocycles. The third-order valence-electron chi connectivity index (χ3n) is 5.09. The van der Waals surface area contributed by atoms with E-state index in [2.05, 4.69) is 5.32 Å². The molecule has 1 aromatic rings. The van der Waals surface area contributed by atoms with Gasteiger partial charge in [0.05, 0.1) is 12.2 Å².